The van der Waals surface area contributed by atoms with Crippen molar-refractivity contribution in [1.29, 1.82) is 0 Å². The normalized spacial score (nSPS) is 16.5. The zero-order valence-electron chi connectivity index (χ0n) is 15.1. The van der Waals surface area contributed by atoms with Crippen molar-refractivity contribution >= 4 is 39.4 Å². The van der Waals surface area contributed by atoms with E-state index in [1.54, 1.807) is 5.56 Å². The zero-order chi connectivity index (χ0) is 17.8. The van der Waals surface area contributed by atoms with E-state index in [2.05, 4.69) is 101 Å². The summed E-state index contributed by atoms with van der Waals surface area (Å²) in [6, 6.07) is 31.7. The van der Waals surface area contributed by atoms with Crippen molar-refractivity contribution in [3.8, 4) is 0 Å². The summed E-state index contributed by atoms with van der Waals surface area (Å²) < 4.78 is 1.45. The fourth-order valence-electron chi connectivity index (χ4n) is 4.44. The molecule has 0 N–H and O–H groups in total. The van der Waals surface area contributed by atoms with Crippen LogP contribution in [0.2, 0.25) is 0 Å². The molecular formula is C24H24GeP. The fourth-order valence-corrected chi connectivity index (χ4v) is 8.96. The van der Waals surface area contributed by atoms with Gasteiger partial charge in [-0.05, 0) is 0 Å². The Hall–Kier alpha value is -1.37. The molecule has 3 aromatic carbocycles. The molecule has 0 nitrogen and oxygen atoms in total. The molecule has 2 heteroatoms. The second-order valence-corrected chi connectivity index (χ2v) is 10.8. The van der Waals surface area contributed by atoms with Crippen LogP contribution in [0.3, 0.4) is 0 Å². The summed E-state index contributed by atoms with van der Waals surface area (Å²) in [6.07, 6.45) is 6.65. The SMILES string of the molecule is [Ge][c]1ccccc1C1(P(c2ccccc2)c2ccccc2)CCCCC1. The Kier molecular flexibility index (Phi) is 5.62. The van der Waals surface area contributed by atoms with E-state index in [1.165, 1.54) is 47.1 Å². The molecule has 0 aliphatic heterocycles. The van der Waals surface area contributed by atoms with Gasteiger partial charge in [-0.15, -0.1) is 0 Å². The van der Waals surface area contributed by atoms with Crippen molar-refractivity contribution in [3.63, 3.8) is 0 Å². The molecule has 3 aromatic rings. The molecule has 26 heavy (non-hydrogen) atoms. The van der Waals surface area contributed by atoms with Gasteiger partial charge in [0.1, 0.15) is 0 Å². The summed E-state index contributed by atoms with van der Waals surface area (Å²) in [7, 11) is -0.446. The number of rotatable bonds is 4. The molecule has 0 unspecified atom stereocenters. The van der Waals surface area contributed by atoms with Crippen LogP contribution in [0, 0.1) is 0 Å². The first-order valence-corrected chi connectivity index (χ1v) is 11.9. The van der Waals surface area contributed by atoms with Gasteiger partial charge in [0.2, 0.25) is 0 Å². The summed E-state index contributed by atoms with van der Waals surface area (Å²) in [5, 5.41) is 3.28. The molecule has 0 aromatic heterocycles. The summed E-state index contributed by atoms with van der Waals surface area (Å²) >= 11 is 2.30. The number of hydrogen-bond donors (Lipinski definition) is 0. The Balaban J connectivity index is 1.95. The first-order valence-electron chi connectivity index (χ1n) is 9.53. The first kappa shape index (κ1) is 18.0. The van der Waals surface area contributed by atoms with Crippen molar-refractivity contribution in [1.82, 2.24) is 0 Å². The third kappa shape index (κ3) is 3.42. The third-order valence-electron chi connectivity index (χ3n) is 5.57. The van der Waals surface area contributed by atoms with Crippen LogP contribution in [0.4, 0.5) is 0 Å². The molecule has 129 valence electrons. The Bertz CT molecular complexity index is 799. The zero-order valence-corrected chi connectivity index (χ0v) is 18.1. The molecule has 1 aliphatic carbocycles. The topological polar surface area (TPSA) is 0 Å². The molecule has 0 amide bonds. The van der Waals surface area contributed by atoms with E-state index in [9.17, 15) is 0 Å². The second kappa shape index (κ2) is 8.11. The van der Waals surface area contributed by atoms with Crippen molar-refractivity contribution < 1.29 is 0 Å². The van der Waals surface area contributed by atoms with Gasteiger partial charge in [-0.2, -0.15) is 0 Å². The molecule has 4 rings (SSSR count). The first-order chi connectivity index (χ1) is 12.8. The van der Waals surface area contributed by atoms with Crippen LogP contribution >= 0.6 is 7.92 Å². The standard InChI is InChI=1S/C24H24GeP/c25-23-17-9-8-16-22(23)24(18-10-3-11-19-24)26(20-12-4-1-5-13-20)21-14-6-2-7-15-21/h1-2,4-9,12-17H,3,10-11,18-19H2. The van der Waals surface area contributed by atoms with E-state index in [0.717, 1.165) is 0 Å². The molecule has 0 bridgehead atoms. The van der Waals surface area contributed by atoms with E-state index >= 15 is 0 Å². The minimum atomic E-state index is -0.446. The number of benzene rings is 3. The van der Waals surface area contributed by atoms with Crippen molar-refractivity contribution in [2.75, 3.05) is 0 Å². The summed E-state index contributed by atoms with van der Waals surface area (Å²) in [5.41, 5.74) is 1.58. The van der Waals surface area contributed by atoms with Crippen LogP contribution in [-0.2, 0) is 5.16 Å². The molecule has 1 saturated carbocycles. The molecular weight excluding hydrogens is 392 g/mol. The van der Waals surface area contributed by atoms with E-state index in [-0.39, 0.29) is 5.16 Å². The monoisotopic (exact) mass is 417 g/mol. The molecule has 3 radical (unpaired) electrons. The van der Waals surface area contributed by atoms with Gasteiger partial charge in [0.05, 0.1) is 0 Å². The Morgan fingerprint density at radius 3 is 1.65 bits per heavy atom. The molecule has 0 saturated heterocycles. The van der Waals surface area contributed by atoms with E-state index in [1.807, 2.05) is 0 Å². The van der Waals surface area contributed by atoms with Gasteiger partial charge in [0, 0.05) is 0 Å². The molecule has 0 spiro atoms. The summed E-state index contributed by atoms with van der Waals surface area (Å²) in [5.74, 6) is 0. The van der Waals surface area contributed by atoms with Crippen LogP contribution in [0.5, 0.6) is 0 Å². The van der Waals surface area contributed by atoms with Crippen LogP contribution in [0.1, 0.15) is 37.7 Å². The average Bonchev–Trinajstić information content (AvgIpc) is 2.71. The maximum atomic E-state index is 2.40. The van der Waals surface area contributed by atoms with Gasteiger partial charge in [-0.3, -0.25) is 0 Å². The van der Waals surface area contributed by atoms with Crippen LogP contribution in [-0.4, -0.2) is 16.5 Å². The van der Waals surface area contributed by atoms with Crippen molar-refractivity contribution in [2.45, 2.75) is 37.3 Å². The van der Waals surface area contributed by atoms with E-state index < -0.39 is 7.92 Å². The van der Waals surface area contributed by atoms with Gasteiger partial charge in [-0.25, -0.2) is 0 Å². The van der Waals surface area contributed by atoms with Gasteiger partial charge < -0.3 is 0 Å². The van der Waals surface area contributed by atoms with Crippen LogP contribution in [0.15, 0.2) is 84.9 Å². The second-order valence-electron chi connectivity index (χ2n) is 7.14. The summed E-state index contributed by atoms with van der Waals surface area (Å²) in [6.45, 7) is 0. The van der Waals surface area contributed by atoms with Gasteiger partial charge in [0.25, 0.3) is 0 Å². The minimum absolute atomic E-state index is 0.252. The Morgan fingerprint density at radius 2 is 1.12 bits per heavy atom. The van der Waals surface area contributed by atoms with Gasteiger partial charge >= 0.3 is 167 Å². The van der Waals surface area contributed by atoms with Gasteiger partial charge in [0.15, 0.2) is 0 Å². The fraction of sp³-hybridized carbons (Fsp3) is 0.250. The molecule has 1 fully saturated rings. The van der Waals surface area contributed by atoms with E-state index in [4.69, 9.17) is 0 Å². The quantitative estimate of drug-likeness (QED) is 0.425. The van der Waals surface area contributed by atoms with Crippen LogP contribution in [0.25, 0.3) is 0 Å². The molecule has 0 heterocycles. The van der Waals surface area contributed by atoms with Gasteiger partial charge in [-0.1, -0.05) is 0 Å². The number of hydrogen-bond acceptors (Lipinski definition) is 0. The Labute approximate surface area is 167 Å². The molecule has 1 aliphatic rings. The summed E-state index contributed by atoms with van der Waals surface area (Å²) in [4.78, 5) is 0. The molecule has 0 atom stereocenters. The maximum absolute atomic E-state index is 2.40. The van der Waals surface area contributed by atoms with Crippen molar-refractivity contribution in [2.24, 2.45) is 0 Å². The predicted octanol–water partition coefficient (Wildman–Crippen LogP) is 4.77. The van der Waals surface area contributed by atoms with E-state index in [0.29, 0.717) is 0 Å². The third-order valence-corrected chi connectivity index (χ3v) is 9.65. The van der Waals surface area contributed by atoms with Crippen molar-refractivity contribution in [3.05, 3.63) is 90.5 Å². The average molecular weight is 416 g/mol. The van der Waals surface area contributed by atoms with Crippen LogP contribution < -0.4 is 15.0 Å². The Morgan fingerprint density at radius 1 is 0.615 bits per heavy atom. The predicted molar refractivity (Wildman–Crippen MR) is 116 cm³/mol.